The van der Waals surface area contributed by atoms with Crippen molar-refractivity contribution >= 4 is 17.5 Å². The molecule has 0 saturated carbocycles. The maximum absolute atomic E-state index is 12.0. The molecule has 0 unspecified atom stereocenters. The highest BCUT2D eigenvalue weighted by molar-refractivity contribution is 7.98. The number of thioether (sulfide) groups is 1. The highest BCUT2D eigenvalue weighted by Crippen LogP contribution is 2.24. The smallest absolute Gasteiger partial charge is 0.172 e. The molecule has 0 N–H and O–H groups in total. The molecule has 0 amide bonds. The number of carbonyl (C=O) groups excluding carboxylic acids is 1. The molecule has 0 aliphatic rings. The lowest BCUT2D eigenvalue weighted by Gasteiger charge is -2.17. The molecule has 0 atom stereocenters. The summed E-state index contributed by atoms with van der Waals surface area (Å²) in [5, 5.41) is 0. The molecule has 1 rings (SSSR count). The lowest BCUT2D eigenvalue weighted by molar-refractivity contribution is 0.0886. The number of hydrogen-bond acceptors (Lipinski definition) is 2. The minimum Gasteiger partial charge on any atom is -0.293 e. The summed E-state index contributed by atoms with van der Waals surface area (Å²) in [5.41, 5.74) is 0.263. The number of Topliss-reactive ketones (excluding diaryl/α,β-unsaturated/α-hetero) is 1. The van der Waals surface area contributed by atoms with Crippen LogP contribution in [0.1, 0.15) is 24.2 Å². The molecule has 1 nitrogen and oxygen atoms in total. The van der Waals surface area contributed by atoms with Crippen LogP contribution in [0.3, 0.4) is 0 Å². The van der Waals surface area contributed by atoms with Crippen molar-refractivity contribution < 1.29 is 4.79 Å². The van der Waals surface area contributed by atoms with Crippen LogP contribution in [0, 0.1) is 5.41 Å². The Morgan fingerprint density at radius 3 is 2.27 bits per heavy atom. The van der Waals surface area contributed by atoms with Crippen molar-refractivity contribution in [2.24, 2.45) is 5.41 Å². The monoisotopic (exact) mass is 220 g/mol. The molecule has 1 aromatic rings. The van der Waals surface area contributed by atoms with Crippen LogP contribution < -0.4 is 0 Å². The molecule has 0 heterocycles. The van der Waals surface area contributed by atoms with Gasteiger partial charge in [0.15, 0.2) is 5.78 Å². The van der Waals surface area contributed by atoms with Gasteiger partial charge >= 0.3 is 0 Å². The maximum atomic E-state index is 12.0. The van der Waals surface area contributed by atoms with E-state index in [0.717, 1.165) is 5.56 Å². The first kappa shape index (κ1) is 12.1. The van der Waals surface area contributed by atoms with Crippen LogP contribution in [-0.4, -0.2) is 12.0 Å². The predicted molar refractivity (Wildman–Crippen MR) is 66.5 cm³/mol. The standard InChI is InChI=1S/C13H16OS/c1-5-13(2,3)12(14)10-6-8-11(15-4)9-7-10/h5-9H,1H2,2-4H3. The first-order chi connectivity index (χ1) is 7.01. The fourth-order valence-electron chi connectivity index (χ4n) is 1.21. The van der Waals surface area contributed by atoms with E-state index in [4.69, 9.17) is 0 Å². The second-order valence-electron chi connectivity index (χ2n) is 3.98. The molecule has 0 saturated heterocycles. The molecule has 0 aliphatic carbocycles. The minimum absolute atomic E-state index is 0.116. The van der Waals surface area contributed by atoms with Crippen LogP contribution >= 0.6 is 11.8 Å². The Bertz CT molecular complexity index is 363. The van der Waals surface area contributed by atoms with E-state index in [0.29, 0.717) is 0 Å². The van der Waals surface area contributed by atoms with Gasteiger partial charge in [-0.25, -0.2) is 0 Å². The summed E-state index contributed by atoms with van der Waals surface area (Å²) in [7, 11) is 0. The van der Waals surface area contributed by atoms with Crippen LogP contribution in [0.4, 0.5) is 0 Å². The van der Waals surface area contributed by atoms with E-state index in [1.54, 1.807) is 17.8 Å². The van der Waals surface area contributed by atoms with E-state index in [1.807, 2.05) is 44.4 Å². The van der Waals surface area contributed by atoms with E-state index < -0.39 is 5.41 Å². The Kier molecular flexibility index (Phi) is 3.75. The first-order valence-corrected chi connectivity index (χ1v) is 6.06. The summed E-state index contributed by atoms with van der Waals surface area (Å²) in [5.74, 6) is 0.116. The van der Waals surface area contributed by atoms with E-state index in [1.165, 1.54) is 4.90 Å². The Morgan fingerprint density at radius 2 is 1.87 bits per heavy atom. The fraction of sp³-hybridized carbons (Fsp3) is 0.308. The van der Waals surface area contributed by atoms with Crippen LogP contribution in [0.25, 0.3) is 0 Å². The summed E-state index contributed by atoms with van der Waals surface area (Å²) < 4.78 is 0. The Labute approximate surface area is 95.6 Å². The van der Waals surface area contributed by atoms with Crippen LogP contribution in [-0.2, 0) is 0 Å². The van der Waals surface area contributed by atoms with Gasteiger partial charge < -0.3 is 0 Å². The Hall–Kier alpha value is -1.02. The molecular weight excluding hydrogens is 204 g/mol. The number of carbonyl (C=O) groups is 1. The molecule has 15 heavy (non-hydrogen) atoms. The summed E-state index contributed by atoms with van der Waals surface area (Å²) >= 11 is 1.67. The van der Waals surface area contributed by atoms with Gasteiger partial charge in [0.25, 0.3) is 0 Å². The summed E-state index contributed by atoms with van der Waals surface area (Å²) in [6, 6.07) is 7.69. The average molecular weight is 220 g/mol. The SMILES string of the molecule is C=CC(C)(C)C(=O)c1ccc(SC)cc1. The zero-order chi connectivity index (χ0) is 11.5. The summed E-state index contributed by atoms with van der Waals surface area (Å²) in [6.07, 6.45) is 3.71. The van der Waals surface area contributed by atoms with Crippen LogP contribution in [0.15, 0.2) is 41.8 Å². The van der Waals surface area contributed by atoms with Crippen molar-refractivity contribution in [1.82, 2.24) is 0 Å². The minimum atomic E-state index is -0.485. The lowest BCUT2D eigenvalue weighted by Crippen LogP contribution is -2.21. The van der Waals surface area contributed by atoms with E-state index in [2.05, 4.69) is 6.58 Å². The van der Waals surface area contributed by atoms with Crippen LogP contribution in [0.2, 0.25) is 0 Å². The molecule has 0 fully saturated rings. The first-order valence-electron chi connectivity index (χ1n) is 4.83. The van der Waals surface area contributed by atoms with Gasteiger partial charge in [0.2, 0.25) is 0 Å². The van der Waals surface area contributed by atoms with E-state index in [9.17, 15) is 4.79 Å². The number of allylic oxidation sites excluding steroid dienone is 1. The largest absolute Gasteiger partial charge is 0.293 e. The van der Waals surface area contributed by atoms with E-state index >= 15 is 0 Å². The molecule has 0 aliphatic heterocycles. The zero-order valence-corrected chi connectivity index (χ0v) is 10.2. The van der Waals surface area contributed by atoms with Gasteiger partial charge in [-0.15, -0.1) is 18.3 Å². The Balaban J connectivity index is 2.97. The molecule has 0 radical (unpaired) electrons. The number of hydrogen-bond donors (Lipinski definition) is 0. The van der Waals surface area contributed by atoms with Crippen molar-refractivity contribution in [2.75, 3.05) is 6.26 Å². The quantitative estimate of drug-likeness (QED) is 0.436. The highest BCUT2D eigenvalue weighted by atomic mass is 32.2. The third-order valence-electron chi connectivity index (χ3n) is 2.45. The van der Waals surface area contributed by atoms with Gasteiger partial charge in [-0.05, 0) is 32.2 Å². The number of ketones is 1. The average Bonchev–Trinajstić information content (AvgIpc) is 2.28. The van der Waals surface area contributed by atoms with Gasteiger partial charge in [-0.2, -0.15) is 0 Å². The molecule has 80 valence electrons. The fourth-order valence-corrected chi connectivity index (χ4v) is 1.62. The third kappa shape index (κ3) is 2.72. The van der Waals surface area contributed by atoms with Crippen molar-refractivity contribution in [2.45, 2.75) is 18.7 Å². The molecule has 1 aromatic carbocycles. The zero-order valence-electron chi connectivity index (χ0n) is 9.41. The van der Waals surface area contributed by atoms with Gasteiger partial charge in [0.05, 0.1) is 0 Å². The van der Waals surface area contributed by atoms with Gasteiger partial charge in [-0.1, -0.05) is 18.2 Å². The molecule has 0 spiro atoms. The lowest BCUT2D eigenvalue weighted by atomic mass is 9.84. The Morgan fingerprint density at radius 1 is 1.33 bits per heavy atom. The maximum Gasteiger partial charge on any atom is 0.172 e. The van der Waals surface area contributed by atoms with Crippen molar-refractivity contribution in [3.63, 3.8) is 0 Å². The predicted octanol–water partition coefficient (Wildman–Crippen LogP) is 3.80. The molecule has 2 heteroatoms. The second kappa shape index (κ2) is 4.67. The number of rotatable bonds is 4. The van der Waals surface area contributed by atoms with Gasteiger partial charge in [0.1, 0.15) is 0 Å². The molecule has 0 aromatic heterocycles. The molecular formula is C13H16OS. The second-order valence-corrected chi connectivity index (χ2v) is 4.86. The van der Waals surface area contributed by atoms with E-state index in [-0.39, 0.29) is 5.78 Å². The van der Waals surface area contributed by atoms with Gasteiger partial charge in [-0.3, -0.25) is 4.79 Å². The highest BCUT2D eigenvalue weighted by Gasteiger charge is 2.24. The normalized spacial score (nSPS) is 11.1. The van der Waals surface area contributed by atoms with Crippen molar-refractivity contribution in [1.29, 1.82) is 0 Å². The number of benzene rings is 1. The van der Waals surface area contributed by atoms with Crippen molar-refractivity contribution in [3.05, 3.63) is 42.5 Å². The van der Waals surface area contributed by atoms with Gasteiger partial charge in [0, 0.05) is 15.9 Å². The third-order valence-corrected chi connectivity index (χ3v) is 3.19. The summed E-state index contributed by atoms with van der Waals surface area (Å²) in [4.78, 5) is 13.2. The summed E-state index contributed by atoms with van der Waals surface area (Å²) in [6.45, 7) is 7.45. The molecule has 0 bridgehead atoms. The van der Waals surface area contributed by atoms with Crippen molar-refractivity contribution in [3.8, 4) is 0 Å². The van der Waals surface area contributed by atoms with Crippen LogP contribution in [0.5, 0.6) is 0 Å². The topological polar surface area (TPSA) is 17.1 Å².